The van der Waals surface area contributed by atoms with E-state index in [4.69, 9.17) is 4.42 Å². The van der Waals surface area contributed by atoms with E-state index in [0.717, 1.165) is 29.0 Å². The SMILES string of the molecule is Cc1ccc2oc(N3CCN(c4ccc([N+](=O)[O-])cc4S(C)(=O)=O)CC3)nc2c1. The number of nitrogens with zero attached hydrogens (tertiary/aromatic N) is 4. The molecule has 0 spiro atoms. The first kappa shape index (κ1) is 19.2. The van der Waals surface area contributed by atoms with Crippen LogP contribution in [0.15, 0.2) is 45.7 Å². The third-order valence-corrected chi connectivity index (χ3v) is 6.10. The molecule has 1 aliphatic heterocycles. The van der Waals surface area contributed by atoms with Crippen LogP contribution < -0.4 is 9.80 Å². The molecule has 0 radical (unpaired) electrons. The molecule has 1 aromatic heterocycles. The highest BCUT2D eigenvalue weighted by Gasteiger charge is 2.26. The Labute approximate surface area is 167 Å². The Hall–Kier alpha value is -3.14. The Morgan fingerprint density at radius 3 is 2.41 bits per heavy atom. The van der Waals surface area contributed by atoms with Gasteiger partial charge in [0.15, 0.2) is 15.4 Å². The second-order valence-electron chi connectivity index (χ2n) is 7.12. The molecule has 1 fully saturated rings. The number of sulfone groups is 1. The molecule has 152 valence electrons. The van der Waals surface area contributed by atoms with Crippen LogP contribution in [0.25, 0.3) is 11.1 Å². The minimum Gasteiger partial charge on any atom is -0.423 e. The van der Waals surface area contributed by atoms with E-state index in [9.17, 15) is 18.5 Å². The fourth-order valence-corrected chi connectivity index (χ4v) is 4.39. The second-order valence-corrected chi connectivity index (χ2v) is 9.11. The van der Waals surface area contributed by atoms with Gasteiger partial charge in [0.2, 0.25) is 0 Å². The quantitative estimate of drug-likeness (QED) is 0.472. The van der Waals surface area contributed by atoms with Crippen LogP contribution in [0.3, 0.4) is 0 Å². The summed E-state index contributed by atoms with van der Waals surface area (Å²) in [6.07, 6.45) is 1.06. The number of fused-ring (bicyclic) bond motifs is 1. The Morgan fingerprint density at radius 1 is 1.07 bits per heavy atom. The van der Waals surface area contributed by atoms with Crippen molar-refractivity contribution in [3.63, 3.8) is 0 Å². The molecule has 9 nitrogen and oxygen atoms in total. The first-order valence-corrected chi connectivity index (χ1v) is 11.0. The van der Waals surface area contributed by atoms with E-state index in [1.54, 1.807) is 0 Å². The minimum atomic E-state index is -3.62. The first-order valence-electron chi connectivity index (χ1n) is 9.08. The molecule has 1 saturated heterocycles. The number of benzene rings is 2. The van der Waals surface area contributed by atoms with Crippen LogP contribution in [0.1, 0.15) is 5.56 Å². The molecule has 0 aliphatic carbocycles. The van der Waals surface area contributed by atoms with E-state index in [1.807, 2.05) is 34.9 Å². The number of aromatic nitrogens is 1. The molecule has 0 atom stereocenters. The zero-order valence-corrected chi connectivity index (χ0v) is 16.8. The van der Waals surface area contributed by atoms with Crippen molar-refractivity contribution in [2.45, 2.75) is 11.8 Å². The van der Waals surface area contributed by atoms with Gasteiger partial charge in [0.1, 0.15) is 5.52 Å². The van der Waals surface area contributed by atoms with Crippen molar-refractivity contribution < 1.29 is 17.8 Å². The summed E-state index contributed by atoms with van der Waals surface area (Å²) in [5.41, 5.74) is 2.87. The van der Waals surface area contributed by atoms with Crippen molar-refractivity contribution >= 4 is 38.3 Å². The van der Waals surface area contributed by atoms with Gasteiger partial charge in [-0.2, -0.15) is 4.98 Å². The highest BCUT2D eigenvalue weighted by Crippen LogP contribution is 2.31. The summed E-state index contributed by atoms with van der Waals surface area (Å²) in [6.45, 7) is 4.25. The molecule has 3 aromatic rings. The number of hydrogen-bond acceptors (Lipinski definition) is 8. The van der Waals surface area contributed by atoms with Gasteiger partial charge in [0.25, 0.3) is 11.7 Å². The fourth-order valence-electron chi connectivity index (χ4n) is 3.47. The van der Waals surface area contributed by atoms with Gasteiger partial charge in [-0.1, -0.05) is 6.07 Å². The van der Waals surface area contributed by atoms with E-state index in [-0.39, 0.29) is 10.6 Å². The molecule has 0 amide bonds. The molecular weight excluding hydrogens is 396 g/mol. The van der Waals surface area contributed by atoms with E-state index in [0.29, 0.717) is 37.9 Å². The summed E-state index contributed by atoms with van der Waals surface area (Å²) in [6, 6.07) is 10.3. The van der Waals surface area contributed by atoms with E-state index < -0.39 is 14.8 Å². The van der Waals surface area contributed by atoms with Crippen LogP contribution in [0.5, 0.6) is 0 Å². The van der Waals surface area contributed by atoms with Crippen LogP contribution in [0.2, 0.25) is 0 Å². The summed E-state index contributed by atoms with van der Waals surface area (Å²) in [5, 5.41) is 11.0. The molecule has 2 aromatic carbocycles. The maximum atomic E-state index is 12.2. The highest BCUT2D eigenvalue weighted by molar-refractivity contribution is 7.90. The average Bonchev–Trinajstić information content (AvgIpc) is 3.10. The molecule has 29 heavy (non-hydrogen) atoms. The Morgan fingerprint density at radius 2 is 1.76 bits per heavy atom. The second kappa shape index (κ2) is 7.03. The molecule has 0 N–H and O–H groups in total. The molecule has 0 saturated carbocycles. The first-order chi connectivity index (χ1) is 13.7. The van der Waals surface area contributed by atoms with Crippen LogP contribution in [0.4, 0.5) is 17.4 Å². The van der Waals surface area contributed by atoms with Crippen molar-refractivity contribution in [2.24, 2.45) is 0 Å². The number of nitro benzene ring substituents is 1. The monoisotopic (exact) mass is 416 g/mol. The smallest absolute Gasteiger partial charge is 0.298 e. The highest BCUT2D eigenvalue weighted by atomic mass is 32.2. The summed E-state index contributed by atoms with van der Waals surface area (Å²) in [7, 11) is -3.62. The average molecular weight is 416 g/mol. The lowest BCUT2D eigenvalue weighted by molar-refractivity contribution is -0.385. The Balaban J connectivity index is 1.57. The molecule has 2 heterocycles. The Kier molecular flexibility index (Phi) is 4.65. The molecule has 4 rings (SSSR count). The number of non-ortho nitro benzene ring substituents is 1. The molecule has 10 heteroatoms. The Bertz CT molecular complexity index is 1200. The summed E-state index contributed by atoms with van der Waals surface area (Å²) in [4.78, 5) is 18.9. The van der Waals surface area contributed by atoms with Gasteiger partial charge in [-0.3, -0.25) is 10.1 Å². The summed E-state index contributed by atoms with van der Waals surface area (Å²) < 4.78 is 30.2. The summed E-state index contributed by atoms with van der Waals surface area (Å²) >= 11 is 0. The topological polar surface area (TPSA) is 110 Å². The summed E-state index contributed by atoms with van der Waals surface area (Å²) in [5.74, 6) is 0. The maximum Gasteiger partial charge on any atom is 0.298 e. The molecule has 0 unspecified atom stereocenters. The number of piperazine rings is 1. The maximum absolute atomic E-state index is 12.2. The molecule has 1 aliphatic rings. The van der Waals surface area contributed by atoms with Crippen molar-refractivity contribution in [1.82, 2.24) is 4.98 Å². The third kappa shape index (κ3) is 3.75. The largest absolute Gasteiger partial charge is 0.423 e. The lowest BCUT2D eigenvalue weighted by Crippen LogP contribution is -2.47. The van der Waals surface area contributed by atoms with Crippen LogP contribution in [-0.4, -0.2) is 50.8 Å². The van der Waals surface area contributed by atoms with Crippen LogP contribution >= 0.6 is 0 Å². The standard InChI is InChI=1S/C19H20N4O5S/c1-13-3-6-17-15(11-13)20-19(28-17)22-9-7-21(8-10-22)16-5-4-14(23(24)25)12-18(16)29(2,26)27/h3-6,11-12H,7-10H2,1-2H3. The molecule has 0 bridgehead atoms. The van der Waals surface area contributed by atoms with Gasteiger partial charge in [-0.25, -0.2) is 8.42 Å². The predicted octanol–water partition coefficient (Wildman–Crippen LogP) is 2.77. The van der Waals surface area contributed by atoms with Gasteiger partial charge in [-0.15, -0.1) is 0 Å². The number of hydrogen-bond donors (Lipinski definition) is 0. The fraction of sp³-hybridized carbons (Fsp3) is 0.316. The van der Waals surface area contributed by atoms with E-state index >= 15 is 0 Å². The van der Waals surface area contributed by atoms with Gasteiger partial charge < -0.3 is 14.2 Å². The van der Waals surface area contributed by atoms with Crippen molar-refractivity contribution in [2.75, 3.05) is 42.2 Å². The van der Waals surface area contributed by atoms with Crippen LogP contribution in [-0.2, 0) is 9.84 Å². The van der Waals surface area contributed by atoms with Crippen molar-refractivity contribution in [1.29, 1.82) is 0 Å². The normalized spacial score (nSPS) is 15.1. The lowest BCUT2D eigenvalue weighted by Gasteiger charge is -2.35. The minimum absolute atomic E-state index is 0.0301. The van der Waals surface area contributed by atoms with Gasteiger partial charge in [0.05, 0.1) is 15.5 Å². The lowest BCUT2D eigenvalue weighted by atomic mass is 10.2. The zero-order valence-electron chi connectivity index (χ0n) is 16.0. The van der Waals surface area contributed by atoms with E-state index in [1.165, 1.54) is 12.1 Å². The van der Waals surface area contributed by atoms with Crippen LogP contribution in [0, 0.1) is 17.0 Å². The van der Waals surface area contributed by atoms with Gasteiger partial charge in [-0.05, 0) is 30.7 Å². The number of anilines is 2. The number of nitro groups is 1. The number of aryl methyl sites for hydroxylation is 1. The predicted molar refractivity (Wildman–Crippen MR) is 109 cm³/mol. The van der Waals surface area contributed by atoms with Crippen molar-refractivity contribution in [3.8, 4) is 0 Å². The van der Waals surface area contributed by atoms with Crippen molar-refractivity contribution in [3.05, 3.63) is 52.1 Å². The molecular formula is C19H20N4O5S. The van der Waals surface area contributed by atoms with E-state index in [2.05, 4.69) is 4.98 Å². The number of oxazole rings is 1. The third-order valence-electron chi connectivity index (χ3n) is 4.98. The zero-order chi connectivity index (χ0) is 20.8. The van der Waals surface area contributed by atoms with Gasteiger partial charge >= 0.3 is 0 Å². The number of rotatable bonds is 4. The van der Waals surface area contributed by atoms with Gasteiger partial charge in [0, 0.05) is 44.6 Å².